The average Bonchev–Trinajstić information content (AvgIpc) is 2.90. The number of hydrogen-bond acceptors (Lipinski definition) is 4. The molecule has 1 aromatic heterocycles. The van der Waals surface area contributed by atoms with E-state index in [1.807, 2.05) is 0 Å². The van der Waals surface area contributed by atoms with E-state index in [0.29, 0.717) is 11.3 Å². The van der Waals surface area contributed by atoms with Gasteiger partial charge in [-0.25, -0.2) is 9.87 Å². The lowest BCUT2D eigenvalue weighted by Gasteiger charge is -2.23. The summed E-state index contributed by atoms with van der Waals surface area (Å²) < 4.78 is 15.6. The van der Waals surface area contributed by atoms with Crippen LogP contribution in [0, 0.1) is 12.7 Å². The maximum Gasteiger partial charge on any atom is 0.270 e. The van der Waals surface area contributed by atoms with Gasteiger partial charge in [0, 0.05) is 6.20 Å². The summed E-state index contributed by atoms with van der Waals surface area (Å²) in [6.07, 6.45) is 1.64. The summed E-state index contributed by atoms with van der Waals surface area (Å²) in [7, 11) is 0. The minimum atomic E-state index is -1.09. The van der Waals surface area contributed by atoms with Gasteiger partial charge in [0.15, 0.2) is 0 Å². The second-order valence-corrected chi connectivity index (χ2v) is 6.17. The number of hydroxylamine groups is 1. The second-order valence-electron chi connectivity index (χ2n) is 5.76. The standard InChI is InChI=1S/C16H19ClFN3O3/c1-10-9-21(16(2,3)15(23)20-24-8-7-22)19-14(10)13-11(17)5-4-6-12(13)18/h4-6,9,22H,7-8H2,1-3H3,(H,20,23). The number of aromatic nitrogens is 2. The lowest BCUT2D eigenvalue weighted by molar-refractivity contribution is -0.142. The number of hydrogen-bond donors (Lipinski definition) is 2. The maximum atomic E-state index is 14.1. The second kappa shape index (κ2) is 7.29. The monoisotopic (exact) mass is 355 g/mol. The first-order valence-corrected chi connectivity index (χ1v) is 7.71. The first kappa shape index (κ1) is 18.4. The normalized spacial score (nSPS) is 11.6. The Labute approximate surface area is 144 Å². The smallest absolute Gasteiger partial charge is 0.270 e. The largest absolute Gasteiger partial charge is 0.394 e. The quantitative estimate of drug-likeness (QED) is 0.616. The van der Waals surface area contributed by atoms with Crippen LogP contribution in [0.3, 0.4) is 0 Å². The van der Waals surface area contributed by atoms with Gasteiger partial charge in [0.1, 0.15) is 11.4 Å². The summed E-state index contributed by atoms with van der Waals surface area (Å²) in [5, 5.41) is 13.3. The van der Waals surface area contributed by atoms with Crippen molar-refractivity contribution in [3.63, 3.8) is 0 Å². The molecule has 0 bridgehead atoms. The predicted octanol–water partition coefficient (Wildman–Crippen LogP) is 2.43. The number of aryl methyl sites for hydroxylation is 1. The van der Waals surface area contributed by atoms with Crippen molar-refractivity contribution in [2.24, 2.45) is 0 Å². The lowest BCUT2D eigenvalue weighted by atomic mass is 10.1. The van der Waals surface area contributed by atoms with Crippen molar-refractivity contribution in [2.45, 2.75) is 26.3 Å². The molecule has 0 saturated carbocycles. The molecule has 1 amide bonds. The van der Waals surface area contributed by atoms with Gasteiger partial charge < -0.3 is 5.11 Å². The Morgan fingerprint density at radius 3 is 2.83 bits per heavy atom. The van der Waals surface area contributed by atoms with E-state index in [1.165, 1.54) is 16.8 Å². The highest BCUT2D eigenvalue weighted by atomic mass is 35.5. The van der Waals surface area contributed by atoms with Crippen molar-refractivity contribution >= 4 is 17.5 Å². The Balaban J connectivity index is 2.36. The molecule has 2 aromatic rings. The van der Waals surface area contributed by atoms with Gasteiger partial charge >= 0.3 is 0 Å². The van der Waals surface area contributed by atoms with Crippen LogP contribution in [0.1, 0.15) is 19.4 Å². The van der Waals surface area contributed by atoms with Crippen LogP contribution in [0.5, 0.6) is 0 Å². The van der Waals surface area contributed by atoms with E-state index in [9.17, 15) is 9.18 Å². The molecule has 2 N–H and O–H groups in total. The molecule has 0 aliphatic rings. The van der Waals surface area contributed by atoms with Crippen LogP contribution in [-0.4, -0.2) is 34.0 Å². The number of aliphatic hydroxyl groups excluding tert-OH is 1. The van der Waals surface area contributed by atoms with Crippen molar-refractivity contribution < 1.29 is 19.1 Å². The number of aliphatic hydroxyl groups is 1. The van der Waals surface area contributed by atoms with Crippen LogP contribution in [0.15, 0.2) is 24.4 Å². The number of nitrogens with one attached hydrogen (secondary N) is 1. The van der Waals surface area contributed by atoms with Gasteiger partial charge in [-0.2, -0.15) is 5.10 Å². The van der Waals surface area contributed by atoms with Gasteiger partial charge in [-0.3, -0.25) is 14.3 Å². The van der Waals surface area contributed by atoms with Crippen molar-refractivity contribution in [2.75, 3.05) is 13.2 Å². The molecule has 0 aliphatic heterocycles. The van der Waals surface area contributed by atoms with Gasteiger partial charge in [-0.05, 0) is 38.5 Å². The van der Waals surface area contributed by atoms with Crippen LogP contribution in [0.4, 0.5) is 4.39 Å². The summed E-state index contributed by atoms with van der Waals surface area (Å²) in [6.45, 7) is 4.82. The number of amides is 1. The van der Waals surface area contributed by atoms with Crippen molar-refractivity contribution in [3.05, 3.63) is 40.8 Å². The maximum absolute atomic E-state index is 14.1. The number of nitrogens with zero attached hydrogens (tertiary/aromatic N) is 2. The minimum absolute atomic E-state index is 0.0178. The zero-order chi connectivity index (χ0) is 17.9. The fraction of sp³-hybridized carbons (Fsp3) is 0.375. The summed E-state index contributed by atoms with van der Waals surface area (Å²) in [5.41, 5.74) is 2.41. The third kappa shape index (κ3) is 3.58. The third-order valence-electron chi connectivity index (χ3n) is 3.58. The molecule has 24 heavy (non-hydrogen) atoms. The minimum Gasteiger partial charge on any atom is -0.394 e. The number of rotatable bonds is 6. The zero-order valence-corrected chi connectivity index (χ0v) is 14.4. The van der Waals surface area contributed by atoms with E-state index in [-0.39, 0.29) is 23.8 Å². The Kier molecular flexibility index (Phi) is 5.58. The molecular formula is C16H19ClFN3O3. The van der Waals surface area contributed by atoms with Crippen molar-refractivity contribution in [1.29, 1.82) is 0 Å². The number of halogens is 2. The van der Waals surface area contributed by atoms with Gasteiger partial charge in [0.2, 0.25) is 0 Å². The summed E-state index contributed by atoms with van der Waals surface area (Å²) in [6, 6.07) is 4.41. The van der Waals surface area contributed by atoms with Crippen LogP contribution >= 0.6 is 11.6 Å². The van der Waals surface area contributed by atoms with Gasteiger partial charge in [-0.15, -0.1) is 0 Å². The highest BCUT2D eigenvalue weighted by molar-refractivity contribution is 6.33. The molecule has 0 unspecified atom stereocenters. The molecule has 0 aliphatic carbocycles. The van der Waals surface area contributed by atoms with Crippen LogP contribution in [0.25, 0.3) is 11.3 Å². The third-order valence-corrected chi connectivity index (χ3v) is 3.90. The molecular weight excluding hydrogens is 337 g/mol. The molecule has 8 heteroatoms. The average molecular weight is 356 g/mol. The SMILES string of the molecule is Cc1cn(C(C)(C)C(=O)NOCCO)nc1-c1c(F)cccc1Cl. The van der Waals surface area contributed by atoms with Crippen molar-refractivity contribution in [1.82, 2.24) is 15.3 Å². The molecule has 0 atom stereocenters. The molecule has 6 nitrogen and oxygen atoms in total. The Bertz CT molecular complexity index is 726. The molecule has 2 rings (SSSR count). The Hall–Kier alpha value is -1.96. The zero-order valence-electron chi connectivity index (χ0n) is 13.6. The molecule has 1 aromatic carbocycles. The highest BCUT2D eigenvalue weighted by Gasteiger charge is 2.32. The Morgan fingerprint density at radius 2 is 2.21 bits per heavy atom. The van der Waals surface area contributed by atoms with Gasteiger partial charge in [-0.1, -0.05) is 17.7 Å². The topological polar surface area (TPSA) is 76.4 Å². The molecule has 0 fully saturated rings. The summed E-state index contributed by atoms with van der Waals surface area (Å²) in [4.78, 5) is 17.1. The van der Waals surface area contributed by atoms with E-state index < -0.39 is 17.3 Å². The van der Waals surface area contributed by atoms with E-state index in [1.54, 1.807) is 33.0 Å². The van der Waals surface area contributed by atoms with Crippen LogP contribution in [-0.2, 0) is 15.2 Å². The molecule has 0 saturated heterocycles. The van der Waals surface area contributed by atoms with Crippen molar-refractivity contribution in [3.8, 4) is 11.3 Å². The van der Waals surface area contributed by atoms with E-state index >= 15 is 0 Å². The molecule has 1 heterocycles. The summed E-state index contributed by atoms with van der Waals surface area (Å²) in [5.74, 6) is -0.936. The molecule has 0 spiro atoms. The molecule has 0 radical (unpaired) electrons. The van der Waals surface area contributed by atoms with Crippen LogP contribution in [0.2, 0.25) is 5.02 Å². The first-order chi connectivity index (χ1) is 11.3. The molecule has 130 valence electrons. The number of benzene rings is 1. The van der Waals surface area contributed by atoms with Gasteiger partial charge in [0.25, 0.3) is 5.91 Å². The summed E-state index contributed by atoms with van der Waals surface area (Å²) >= 11 is 6.09. The Morgan fingerprint density at radius 1 is 1.50 bits per heavy atom. The van der Waals surface area contributed by atoms with Crippen LogP contribution < -0.4 is 5.48 Å². The first-order valence-electron chi connectivity index (χ1n) is 7.33. The fourth-order valence-corrected chi connectivity index (χ4v) is 2.36. The predicted molar refractivity (Wildman–Crippen MR) is 87.9 cm³/mol. The number of carbonyl (C=O) groups is 1. The number of carbonyl (C=O) groups excluding carboxylic acids is 1. The van der Waals surface area contributed by atoms with Gasteiger partial charge in [0.05, 0.1) is 29.5 Å². The fourth-order valence-electron chi connectivity index (χ4n) is 2.11. The highest BCUT2D eigenvalue weighted by Crippen LogP contribution is 2.32. The van der Waals surface area contributed by atoms with E-state index in [2.05, 4.69) is 10.6 Å². The van der Waals surface area contributed by atoms with E-state index in [4.69, 9.17) is 21.5 Å². The van der Waals surface area contributed by atoms with E-state index in [0.717, 1.165) is 0 Å². The lowest BCUT2D eigenvalue weighted by Crippen LogP contribution is -2.45.